The topological polar surface area (TPSA) is 148 Å². The first-order chi connectivity index (χ1) is 20.3. The van der Waals surface area contributed by atoms with Crippen LogP contribution in [0.3, 0.4) is 0 Å². The normalized spacial score (nSPS) is 15.5. The minimum atomic E-state index is -1.08. The Bertz CT molecular complexity index is 1370. The number of hydrogen-bond donors (Lipinski definition) is 4. The molecule has 13 heteroatoms. The van der Waals surface area contributed by atoms with Crippen molar-refractivity contribution in [3.63, 3.8) is 0 Å². The molecule has 227 valence electrons. The number of carbonyl (C=O) groups excluding carboxylic acids is 2. The van der Waals surface area contributed by atoms with Gasteiger partial charge in [-0.15, -0.1) is 35.6 Å². The van der Waals surface area contributed by atoms with Gasteiger partial charge >= 0.3 is 0 Å². The Morgan fingerprint density at radius 2 is 2.00 bits per heavy atom. The van der Waals surface area contributed by atoms with Crippen LogP contribution in [-0.4, -0.2) is 60.8 Å². The number of amides is 2. The summed E-state index contributed by atoms with van der Waals surface area (Å²) in [5, 5.41) is 20.7. The van der Waals surface area contributed by atoms with Crippen LogP contribution in [0.1, 0.15) is 54.6 Å². The van der Waals surface area contributed by atoms with Crippen molar-refractivity contribution in [3.05, 3.63) is 64.7 Å². The van der Waals surface area contributed by atoms with Crippen LogP contribution in [0.15, 0.2) is 41.9 Å². The van der Waals surface area contributed by atoms with E-state index in [-0.39, 0.29) is 63.1 Å². The molecule has 1 aliphatic heterocycles. The number of fused-ring (bicyclic) bond motifs is 1. The van der Waals surface area contributed by atoms with E-state index in [1.54, 1.807) is 17.6 Å². The number of carbonyl (C=O) groups is 3. The minimum Gasteiger partial charge on any atom is -0.521 e. The molecule has 1 aliphatic rings. The summed E-state index contributed by atoms with van der Waals surface area (Å²) in [4.78, 5) is 39.9. The number of benzene rings is 2. The second-order valence-corrected chi connectivity index (χ2v) is 10.8. The molecule has 2 heterocycles. The Morgan fingerprint density at radius 3 is 2.70 bits per heavy atom. The third-order valence-electron chi connectivity index (χ3n) is 6.64. The van der Waals surface area contributed by atoms with Gasteiger partial charge in [0.05, 0.1) is 13.2 Å². The number of carboxylic acids is 1. The van der Waals surface area contributed by atoms with Crippen molar-refractivity contribution in [3.8, 4) is 17.2 Å². The van der Waals surface area contributed by atoms with Crippen LogP contribution in [-0.2, 0) is 59.0 Å². The smallest absolute Gasteiger partial charge is 0.247 e. The monoisotopic (exact) mass is 684 g/mol. The third kappa shape index (κ3) is 10.1. The summed E-state index contributed by atoms with van der Waals surface area (Å²) in [7, 11) is 0. The summed E-state index contributed by atoms with van der Waals surface area (Å²) in [6.07, 6.45) is 3.82. The zero-order chi connectivity index (χ0) is 30.0. The molecule has 1 radical (unpaired) electrons. The molecule has 0 saturated heterocycles. The number of carboxylic acid groups (broad SMARTS) is 1. The molecule has 2 aromatic carbocycles. The maximum atomic E-state index is 12.9. The number of thiazole rings is 1. The van der Waals surface area contributed by atoms with Crippen molar-refractivity contribution in [2.45, 2.75) is 45.1 Å². The van der Waals surface area contributed by atoms with Crippen molar-refractivity contribution in [1.29, 1.82) is 0 Å². The molecule has 4 rings (SSSR count). The van der Waals surface area contributed by atoms with Gasteiger partial charge in [-0.2, -0.15) is 0 Å². The third-order valence-corrected chi connectivity index (χ3v) is 7.33. The Hall–Kier alpha value is -2.90. The largest absolute Gasteiger partial charge is 0.521 e. The van der Waals surface area contributed by atoms with Crippen LogP contribution in [0, 0.1) is 6.07 Å². The average molecular weight is 685 g/mol. The van der Waals surface area contributed by atoms with Gasteiger partial charge in [0, 0.05) is 81.5 Å². The number of aromatic nitrogens is 1. The standard InChI is InChI=1S/C30H35N4O7S.Y/c1-3-4-26(35)31-11-13-39-14-15-40-24-17-21-9-10-33-30(2,19-27(36)34-29-32-12-16-42-29)23(21)18-25(24)41-22-7-5-20(6-8-22)28(37)38;/h5,7-8,12,16-18,33H,3-4,9-11,13-15,19H2,1-2H3,(H,31,35)(H,37,38)(H,32,34,36);/q-1;/t30-;/m1./s1. The van der Waals surface area contributed by atoms with Gasteiger partial charge in [-0.05, 0) is 43.0 Å². The summed E-state index contributed by atoms with van der Waals surface area (Å²) in [5.74, 6) is 0.0409. The molecular formula is C30H35N4O7SY-. The number of anilines is 1. The Balaban J connectivity index is 0.00000506. The summed E-state index contributed by atoms with van der Waals surface area (Å²) in [5.41, 5.74) is 1.26. The Labute approximate surface area is 280 Å². The molecule has 2 amide bonds. The summed E-state index contributed by atoms with van der Waals surface area (Å²) >= 11 is 1.35. The molecule has 0 bridgehead atoms. The number of aromatic carboxylic acids is 1. The van der Waals surface area contributed by atoms with E-state index in [0.717, 1.165) is 24.0 Å². The zero-order valence-corrected chi connectivity index (χ0v) is 27.9. The molecule has 43 heavy (non-hydrogen) atoms. The molecule has 3 aromatic rings. The van der Waals surface area contributed by atoms with E-state index in [1.165, 1.54) is 23.5 Å². The molecule has 0 aliphatic carbocycles. The fourth-order valence-corrected chi connectivity index (χ4v) is 5.18. The first-order valence-corrected chi connectivity index (χ1v) is 14.7. The van der Waals surface area contributed by atoms with E-state index in [1.807, 2.05) is 26.0 Å². The predicted molar refractivity (Wildman–Crippen MR) is 157 cm³/mol. The second kappa shape index (κ2) is 16.8. The van der Waals surface area contributed by atoms with Crippen molar-refractivity contribution < 1.29 is 66.4 Å². The van der Waals surface area contributed by atoms with Crippen molar-refractivity contribution >= 4 is 34.3 Å². The fraction of sp³-hybridized carbons (Fsp3) is 0.400. The van der Waals surface area contributed by atoms with Crippen molar-refractivity contribution in [2.24, 2.45) is 0 Å². The van der Waals surface area contributed by atoms with E-state index < -0.39 is 11.5 Å². The van der Waals surface area contributed by atoms with Crippen LogP contribution < -0.4 is 25.4 Å². The Morgan fingerprint density at radius 1 is 1.16 bits per heavy atom. The molecule has 1 aromatic heterocycles. The quantitative estimate of drug-likeness (QED) is 0.137. The van der Waals surface area contributed by atoms with Gasteiger partial charge < -0.3 is 40.1 Å². The van der Waals surface area contributed by atoms with E-state index in [2.05, 4.69) is 27.0 Å². The summed E-state index contributed by atoms with van der Waals surface area (Å²) < 4.78 is 17.8. The van der Waals surface area contributed by atoms with Crippen LogP contribution in [0.25, 0.3) is 0 Å². The van der Waals surface area contributed by atoms with E-state index in [9.17, 15) is 19.5 Å². The van der Waals surface area contributed by atoms with Gasteiger partial charge in [-0.1, -0.05) is 12.5 Å². The molecule has 0 spiro atoms. The number of rotatable bonds is 15. The molecule has 11 nitrogen and oxygen atoms in total. The van der Waals surface area contributed by atoms with E-state index in [4.69, 9.17) is 14.2 Å². The SMILES string of the molecule is CCCC(=O)NCCOCCOc1cc2c(cc1Oc1c[c-]c(C(=O)O)cc1)[C@@](C)(CC(=O)Nc1nccs1)NCC2.[Y]. The number of hydrogen-bond acceptors (Lipinski definition) is 9. The molecule has 0 unspecified atom stereocenters. The van der Waals surface area contributed by atoms with Crippen molar-refractivity contribution in [1.82, 2.24) is 15.6 Å². The van der Waals surface area contributed by atoms with Gasteiger partial charge in [0.15, 0.2) is 16.6 Å². The Kier molecular flexibility index (Phi) is 13.5. The number of nitrogens with one attached hydrogen (secondary N) is 3. The van der Waals surface area contributed by atoms with Crippen LogP contribution in [0.5, 0.6) is 17.2 Å². The zero-order valence-electron chi connectivity index (χ0n) is 24.2. The summed E-state index contributed by atoms with van der Waals surface area (Å²) in [6, 6.07) is 10.9. The van der Waals surface area contributed by atoms with Gasteiger partial charge in [0.1, 0.15) is 6.61 Å². The number of nitrogens with zero attached hydrogens (tertiary/aromatic N) is 1. The van der Waals surface area contributed by atoms with Crippen LogP contribution in [0.4, 0.5) is 5.13 Å². The van der Waals surface area contributed by atoms with Gasteiger partial charge in [-0.3, -0.25) is 9.59 Å². The molecule has 4 N–H and O–H groups in total. The molecule has 0 fully saturated rings. The maximum Gasteiger partial charge on any atom is 0.247 e. The van der Waals surface area contributed by atoms with Gasteiger partial charge in [-0.25, -0.2) is 4.98 Å². The molecule has 0 saturated carbocycles. The predicted octanol–water partition coefficient (Wildman–Crippen LogP) is 4.13. The summed E-state index contributed by atoms with van der Waals surface area (Å²) in [6.45, 7) is 5.94. The van der Waals surface area contributed by atoms with Crippen LogP contribution >= 0.6 is 11.3 Å². The average Bonchev–Trinajstić information content (AvgIpc) is 3.46. The first kappa shape index (κ1) is 34.6. The maximum absolute atomic E-state index is 12.9. The number of ether oxygens (including phenoxy) is 3. The first-order valence-electron chi connectivity index (χ1n) is 13.8. The van der Waals surface area contributed by atoms with Crippen molar-refractivity contribution in [2.75, 3.05) is 38.2 Å². The molecule has 1 atom stereocenters. The van der Waals surface area contributed by atoms with E-state index in [0.29, 0.717) is 55.1 Å². The van der Waals surface area contributed by atoms with Gasteiger partial charge in [0.25, 0.3) is 0 Å². The van der Waals surface area contributed by atoms with E-state index >= 15 is 0 Å². The second-order valence-electron chi connectivity index (χ2n) is 9.93. The van der Waals surface area contributed by atoms with Crippen LogP contribution in [0.2, 0.25) is 0 Å². The molecular weight excluding hydrogens is 649 g/mol. The minimum absolute atomic E-state index is 0. The van der Waals surface area contributed by atoms with Gasteiger partial charge in [0.2, 0.25) is 17.8 Å². The fourth-order valence-electron chi connectivity index (χ4n) is 4.64.